The minimum Gasteiger partial charge on any atom is -0.367 e. The van der Waals surface area contributed by atoms with Crippen LogP contribution in [0.4, 0.5) is 19.0 Å². The molecule has 1 aliphatic carbocycles. The molecule has 9 heteroatoms. The van der Waals surface area contributed by atoms with E-state index in [9.17, 15) is 13.2 Å². The van der Waals surface area contributed by atoms with Crippen LogP contribution in [0.3, 0.4) is 0 Å². The standard InChI is InChI=1S/C16H15F3N6/c17-16(18,19)13-11(7-21-25-13)15-23-12-8-20-6-5-10(12)14(24-15)22-9-3-1-2-4-9/h5-9H,1-4H2,(H,21,25)(H,22,23,24). The molecule has 3 aromatic rings. The van der Waals surface area contributed by atoms with Gasteiger partial charge in [0.25, 0.3) is 0 Å². The van der Waals surface area contributed by atoms with Crippen LogP contribution < -0.4 is 5.32 Å². The van der Waals surface area contributed by atoms with Crippen LogP contribution in [0.15, 0.2) is 24.7 Å². The molecule has 0 spiro atoms. The van der Waals surface area contributed by atoms with Crippen molar-refractivity contribution >= 4 is 16.7 Å². The highest BCUT2D eigenvalue weighted by atomic mass is 19.4. The molecule has 25 heavy (non-hydrogen) atoms. The number of pyridine rings is 1. The minimum atomic E-state index is -4.56. The van der Waals surface area contributed by atoms with E-state index in [0.717, 1.165) is 37.3 Å². The second-order valence-corrected chi connectivity index (χ2v) is 6.07. The highest BCUT2D eigenvalue weighted by Gasteiger charge is 2.37. The smallest absolute Gasteiger partial charge is 0.367 e. The maximum atomic E-state index is 13.2. The number of nitrogens with one attached hydrogen (secondary N) is 2. The topological polar surface area (TPSA) is 79.4 Å². The fourth-order valence-corrected chi connectivity index (χ4v) is 3.15. The van der Waals surface area contributed by atoms with Gasteiger partial charge >= 0.3 is 6.18 Å². The summed E-state index contributed by atoms with van der Waals surface area (Å²) in [6.45, 7) is 0. The van der Waals surface area contributed by atoms with Crippen LogP contribution in [-0.2, 0) is 6.18 Å². The Morgan fingerprint density at radius 3 is 2.68 bits per heavy atom. The summed E-state index contributed by atoms with van der Waals surface area (Å²) in [7, 11) is 0. The summed E-state index contributed by atoms with van der Waals surface area (Å²) in [4.78, 5) is 12.6. The Balaban J connectivity index is 1.84. The molecule has 0 amide bonds. The fourth-order valence-electron chi connectivity index (χ4n) is 3.15. The van der Waals surface area contributed by atoms with Crippen molar-refractivity contribution in [3.8, 4) is 11.4 Å². The first kappa shape index (κ1) is 15.8. The first-order valence-electron chi connectivity index (χ1n) is 8.01. The number of hydrogen-bond acceptors (Lipinski definition) is 5. The van der Waals surface area contributed by atoms with Gasteiger partial charge in [-0.2, -0.15) is 18.3 Å². The van der Waals surface area contributed by atoms with Crippen molar-refractivity contribution in [2.24, 2.45) is 0 Å². The van der Waals surface area contributed by atoms with E-state index in [4.69, 9.17) is 0 Å². The number of aromatic amines is 1. The first-order valence-corrected chi connectivity index (χ1v) is 8.01. The molecule has 1 saturated carbocycles. The van der Waals surface area contributed by atoms with E-state index in [0.29, 0.717) is 11.3 Å². The Labute approximate surface area is 140 Å². The SMILES string of the molecule is FC(F)(F)c1[nH]ncc1-c1nc(NC2CCCC2)c2ccncc2n1. The normalized spacial score (nSPS) is 15.8. The molecule has 0 bridgehead atoms. The van der Waals surface area contributed by atoms with Gasteiger partial charge in [-0.15, -0.1) is 0 Å². The van der Waals surface area contributed by atoms with Gasteiger partial charge in [0.1, 0.15) is 5.82 Å². The third-order valence-corrected chi connectivity index (χ3v) is 4.36. The van der Waals surface area contributed by atoms with E-state index in [2.05, 4.69) is 25.4 Å². The van der Waals surface area contributed by atoms with E-state index in [-0.39, 0.29) is 17.4 Å². The summed E-state index contributed by atoms with van der Waals surface area (Å²) in [6.07, 6.45) is 3.98. The third kappa shape index (κ3) is 3.01. The Bertz CT molecular complexity index is 898. The predicted molar refractivity (Wildman–Crippen MR) is 85.8 cm³/mol. The number of fused-ring (bicyclic) bond motifs is 1. The molecule has 0 atom stereocenters. The Morgan fingerprint density at radius 2 is 1.92 bits per heavy atom. The average Bonchev–Trinajstić information content (AvgIpc) is 3.25. The molecule has 0 saturated heterocycles. The van der Waals surface area contributed by atoms with Gasteiger partial charge in [-0.05, 0) is 18.9 Å². The lowest BCUT2D eigenvalue weighted by molar-refractivity contribution is -0.140. The number of H-pyrrole nitrogens is 1. The number of aromatic nitrogens is 5. The largest absolute Gasteiger partial charge is 0.433 e. The van der Waals surface area contributed by atoms with Gasteiger partial charge in [0.15, 0.2) is 11.5 Å². The third-order valence-electron chi connectivity index (χ3n) is 4.36. The number of halogens is 3. The molecule has 130 valence electrons. The molecular formula is C16H15F3N6. The molecule has 1 fully saturated rings. The molecule has 1 aliphatic rings. The molecule has 4 rings (SSSR count). The van der Waals surface area contributed by atoms with Crippen molar-refractivity contribution in [3.63, 3.8) is 0 Å². The quantitative estimate of drug-likeness (QED) is 0.753. The van der Waals surface area contributed by atoms with E-state index in [1.807, 2.05) is 5.10 Å². The number of rotatable bonds is 3. The van der Waals surface area contributed by atoms with Crippen molar-refractivity contribution in [2.75, 3.05) is 5.32 Å². The molecule has 0 aromatic carbocycles. The van der Waals surface area contributed by atoms with Gasteiger partial charge in [0.2, 0.25) is 0 Å². The zero-order valence-corrected chi connectivity index (χ0v) is 13.1. The second kappa shape index (κ2) is 5.98. The monoisotopic (exact) mass is 348 g/mol. The molecule has 2 N–H and O–H groups in total. The molecule has 0 radical (unpaired) electrons. The lowest BCUT2D eigenvalue weighted by atomic mass is 10.2. The summed E-state index contributed by atoms with van der Waals surface area (Å²) >= 11 is 0. The lowest BCUT2D eigenvalue weighted by Gasteiger charge is -2.15. The van der Waals surface area contributed by atoms with Crippen molar-refractivity contribution in [1.82, 2.24) is 25.1 Å². The summed E-state index contributed by atoms with van der Waals surface area (Å²) < 4.78 is 39.5. The molecular weight excluding hydrogens is 333 g/mol. The Kier molecular flexibility index (Phi) is 3.78. The predicted octanol–water partition coefficient (Wildman–Crippen LogP) is 3.79. The fraction of sp³-hybridized carbons (Fsp3) is 0.375. The van der Waals surface area contributed by atoms with E-state index in [1.54, 1.807) is 12.3 Å². The maximum absolute atomic E-state index is 13.2. The minimum absolute atomic E-state index is 0.0259. The van der Waals surface area contributed by atoms with Crippen molar-refractivity contribution in [2.45, 2.75) is 37.9 Å². The summed E-state index contributed by atoms with van der Waals surface area (Å²) in [5, 5.41) is 9.60. The average molecular weight is 348 g/mol. The van der Waals surface area contributed by atoms with E-state index in [1.165, 1.54) is 6.20 Å². The Hall–Kier alpha value is -2.71. The number of nitrogens with zero attached hydrogens (tertiary/aromatic N) is 4. The van der Waals surface area contributed by atoms with Gasteiger partial charge in [0.05, 0.1) is 23.5 Å². The van der Waals surface area contributed by atoms with Crippen molar-refractivity contribution < 1.29 is 13.2 Å². The molecule has 3 heterocycles. The van der Waals surface area contributed by atoms with Crippen LogP contribution in [0.25, 0.3) is 22.3 Å². The van der Waals surface area contributed by atoms with Crippen LogP contribution in [0.2, 0.25) is 0 Å². The number of anilines is 1. The highest BCUT2D eigenvalue weighted by Crippen LogP contribution is 2.35. The van der Waals surface area contributed by atoms with Crippen LogP contribution in [0, 0.1) is 0 Å². The molecule has 6 nitrogen and oxygen atoms in total. The molecule has 3 aromatic heterocycles. The zero-order valence-electron chi connectivity index (χ0n) is 13.1. The van der Waals surface area contributed by atoms with Crippen LogP contribution in [0.1, 0.15) is 31.4 Å². The lowest BCUT2D eigenvalue weighted by Crippen LogP contribution is -2.16. The van der Waals surface area contributed by atoms with Crippen LogP contribution in [0.5, 0.6) is 0 Å². The number of hydrogen-bond donors (Lipinski definition) is 2. The summed E-state index contributed by atoms with van der Waals surface area (Å²) in [6, 6.07) is 2.03. The number of alkyl halides is 3. The van der Waals surface area contributed by atoms with Gasteiger partial charge in [-0.1, -0.05) is 12.8 Å². The summed E-state index contributed by atoms with van der Waals surface area (Å²) in [5.41, 5.74) is -0.641. The van der Waals surface area contributed by atoms with Crippen molar-refractivity contribution in [1.29, 1.82) is 0 Å². The van der Waals surface area contributed by atoms with Crippen LogP contribution >= 0.6 is 0 Å². The van der Waals surface area contributed by atoms with E-state index < -0.39 is 11.9 Å². The van der Waals surface area contributed by atoms with Crippen LogP contribution in [-0.4, -0.2) is 31.2 Å². The second-order valence-electron chi connectivity index (χ2n) is 6.07. The van der Waals surface area contributed by atoms with Gasteiger partial charge in [-0.25, -0.2) is 9.97 Å². The van der Waals surface area contributed by atoms with E-state index >= 15 is 0 Å². The Morgan fingerprint density at radius 1 is 1.12 bits per heavy atom. The van der Waals surface area contributed by atoms with Gasteiger partial charge in [-0.3, -0.25) is 10.1 Å². The van der Waals surface area contributed by atoms with Crippen molar-refractivity contribution in [3.05, 3.63) is 30.4 Å². The summed E-state index contributed by atoms with van der Waals surface area (Å²) in [5.74, 6) is 0.505. The van der Waals surface area contributed by atoms with Gasteiger partial charge in [0, 0.05) is 17.6 Å². The molecule has 0 aliphatic heterocycles. The maximum Gasteiger partial charge on any atom is 0.433 e. The molecule has 0 unspecified atom stereocenters. The first-order chi connectivity index (χ1) is 12.0. The van der Waals surface area contributed by atoms with Gasteiger partial charge < -0.3 is 5.32 Å². The zero-order chi connectivity index (χ0) is 17.4. The highest BCUT2D eigenvalue weighted by molar-refractivity contribution is 5.90.